The highest BCUT2D eigenvalue weighted by Gasteiger charge is 2.18. The SMILES string of the molecule is CCN1CCN(CCOc2ccccc2-c2nc(N)nc(N)c2C#N)CC1. The Hall–Kier alpha value is -2.89. The van der Waals surface area contributed by atoms with Crippen molar-refractivity contribution in [3.05, 3.63) is 29.8 Å². The third kappa shape index (κ3) is 4.45. The van der Waals surface area contributed by atoms with Crippen LogP contribution >= 0.6 is 0 Å². The number of anilines is 2. The van der Waals surface area contributed by atoms with Gasteiger partial charge in [-0.2, -0.15) is 10.2 Å². The van der Waals surface area contributed by atoms with E-state index in [9.17, 15) is 5.26 Å². The molecular weight excluding hydrogens is 342 g/mol. The van der Waals surface area contributed by atoms with Crippen molar-refractivity contribution in [1.82, 2.24) is 19.8 Å². The van der Waals surface area contributed by atoms with Crippen LogP contribution in [0.1, 0.15) is 12.5 Å². The topological polar surface area (TPSA) is 117 Å². The molecule has 0 bridgehead atoms. The molecule has 27 heavy (non-hydrogen) atoms. The molecule has 1 aliphatic heterocycles. The summed E-state index contributed by atoms with van der Waals surface area (Å²) in [4.78, 5) is 12.9. The number of aromatic nitrogens is 2. The fraction of sp³-hybridized carbons (Fsp3) is 0.421. The van der Waals surface area contributed by atoms with Gasteiger partial charge in [0.2, 0.25) is 5.95 Å². The van der Waals surface area contributed by atoms with Crippen LogP contribution in [-0.4, -0.2) is 65.6 Å². The average molecular weight is 367 g/mol. The number of nitrogens with two attached hydrogens (primary N) is 2. The van der Waals surface area contributed by atoms with Gasteiger partial charge in [-0.25, -0.2) is 4.98 Å². The molecule has 0 unspecified atom stereocenters. The van der Waals surface area contributed by atoms with E-state index in [1.807, 2.05) is 24.3 Å². The highest BCUT2D eigenvalue weighted by Crippen LogP contribution is 2.32. The molecule has 4 N–H and O–H groups in total. The van der Waals surface area contributed by atoms with E-state index in [1.54, 1.807) is 0 Å². The van der Waals surface area contributed by atoms with Crippen molar-refractivity contribution >= 4 is 11.8 Å². The second-order valence-electron chi connectivity index (χ2n) is 6.42. The Bertz CT molecular complexity index is 825. The zero-order valence-corrected chi connectivity index (χ0v) is 15.6. The standard InChI is InChI=1S/C19H25N7O/c1-2-25-7-9-26(10-8-25)11-12-27-16-6-4-3-5-14(16)17-15(13-20)18(21)24-19(22)23-17/h3-6H,2,7-12H2,1H3,(H4,21,22,23,24). The zero-order valence-electron chi connectivity index (χ0n) is 15.6. The third-order valence-electron chi connectivity index (χ3n) is 4.79. The van der Waals surface area contributed by atoms with Crippen LogP contribution in [0, 0.1) is 11.3 Å². The Morgan fingerprint density at radius 2 is 1.81 bits per heavy atom. The highest BCUT2D eigenvalue weighted by molar-refractivity contribution is 5.77. The molecule has 1 aromatic carbocycles. The van der Waals surface area contributed by atoms with Crippen LogP contribution in [0.2, 0.25) is 0 Å². The van der Waals surface area contributed by atoms with Gasteiger partial charge in [-0.05, 0) is 18.7 Å². The number of rotatable bonds is 6. The quantitative estimate of drug-likeness (QED) is 0.782. The second-order valence-corrected chi connectivity index (χ2v) is 6.42. The lowest BCUT2D eigenvalue weighted by molar-refractivity contribution is 0.121. The van der Waals surface area contributed by atoms with Crippen LogP contribution in [0.25, 0.3) is 11.3 Å². The number of nitrogen functional groups attached to an aromatic ring is 2. The van der Waals surface area contributed by atoms with Gasteiger partial charge >= 0.3 is 0 Å². The van der Waals surface area contributed by atoms with Crippen molar-refractivity contribution < 1.29 is 4.74 Å². The van der Waals surface area contributed by atoms with Crippen molar-refractivity contribution in [2.45, 2.75) is 6.92 Å². The number of nitriles is 1. The maximum atomic E-state index is 9.43. The van der Waals surface area contributed by atoms with Gasteiger partial charge in [-0.15, -0.1) is 0 Å². The fourth-order valence-corrected chi connectivity index (χ4v) is 3.20. The summed E-state index contributed by atoms with van der Waals surface area (Å²) in [7, 11) is 0. The lowest BCUT2D eigenvalue weighted by Crippen LogP contribution is -2.47. The summed E-state index contributed by atoms with van der Waals surface area (Å²) in [5.74, 6) is 0.757. The number of nitrogens with zero attached hydrogens (tertiary/aromatic N) is 5. The molecule has 0 spiro atoms. The molecular formula is C19H25N7O. The van der Waals surface area contributed by atoms with Crippen LogP contribution in [-0.2, 0) is 0 Å². The number of benzene rings is 1. The molecule has 0 amide bonds. The first-order chi connectivity index (χ1) is 13.1. The van der Waals surface area contributed by atoms with Crippen LogP contribution in [0.5, 0.6) is 5.75 Å². The van der Waals surface area contributed by atoms with Crippen molar-refractivity contribution in [2.75, 3.05) is 57.3 Å². The number of ether oxygens (including phenoxy) is 1. The summed E-state index contributed by atoms with van der Waals surface area (Å²) >= 11 is 0. The van der Waals surface area contributed by atoms with Crippen molar-refractivity contribution in [2.24, 2.45) is 0 Å². The highest BCUT2D eigenvalue weighted by atomic mass is 16.5. The predicted molar refractivity (Wildman–Crippen MR) is 105 cm³/mol. The van der Waals surface area contributed by atoms with Gasteiger partial charge in [0, 0.05) is 38.3 Å². The predicted octanol–water partition coefficient (Wildman–Crippen LogP) is 1.20. The minimum Gasteiger partial charge on any atom is -0.492 e. The summed E-state index contributed by atoms with van der Waals surface area (Å²) in [6.07, 6.45) is 0. The first-order valence-corrected chi connectivity index (χ1v) is 9.12. The molecule has 1 saturated heterocycles. The van der Waals surface area contributed by atoms with Gasteiger partial charge in [-0.3, -0.25) is 4.90 Å². The van der Waals surface area contributed by atoms with Crippen molar-refractivity contribution in [1.29, 1.82) is 5.26 Å². The molecule has 8 nitrogen and oxygen atoms in total. The number of para-hydroxylation sites is 1. The Morgan fingerprint density at radius 1 is 1.11 bits per heavy atom. The maximum Gasteiger partial charge on any atom is 0.222 e. The minimum atomic E-state index is 0.0325. The molecule has 0 atom stereocenters. The van der Waals surface area contributed by atoms with Gasteiger partial charge in [0.25, 0.3) is 0 Å². The van der Waals surface area contributed by atoms with Crippen molar-refractivity contribution in [3.8, 4) is 23.1 Å². The second kappa shape index (κ2) is 8.66. The van der Waals surface area contributed by atoms with E-state index in [-0.39, 0.29) is 17.3 Å². The van der Waals surface area contributed by atoms with Gasteiger partial charge in [-0.1, -0.05) is 19.1 Å². The molecule has 2 heterocycles. The van der Waals surface area contributed by atoms with Gasteiger partial charge in [0.1, 0.15) is 29.8 Å². The van der Waals surface area contributed by atoms with Gasteiger partial charge in [0.15, 0.2) is 0 Å². The normalized spacial score (nSPS) is 15.4. The summed E-state index contributed by atoms with van der Waals surface area (Å²) in [6.45, 7) is 9.00. The van der Waals surface area contributed by atoms with Gasteiger partial charge < -0.3 is 21.1 Å². The molecule has 3 rings (SSSR count). The number of hydrogen-bond acceptors (Lipinski definition) is 8. The van der Waals surface area contributed by atoms with Crippen molar-refractivity contribution in [3.63, 3.8) is 0 Å². The van der Waals surface area contributed by atoms with E-state index < -0.39 is 0 Å². The van der Waals surface area contributed by atoms with Gasteiger partial charge in [0.05, 0.1) is 5.69 Å². The van der Waals surface area contributed by atoms with E-state index in [1.165, 1.54) is 0 Å². The maximum absolute atomic E-state index is 9.43. The van der Waals surface area contributed by atoms with E-state index in [2.05, 4.69) is 32.8 Å². The number of likely N-dealkylation sites (N-methyl/N-ethyl adjacent to an activating group) is 1. The van der Waals surface area contributed by atoms with Crippen LogP contribution in [0.3, 0.4) is 0 Å². The Kier molecular flexibility index (Phi) is 6.06. The first kappa shape index (κ1) is 18.9. The van der Waals surface area contributed by atoms with E-state index in [4.69, 9.17) is 16.2 Å². The lowest BCUT2D eigenvalue weighted by Gasteiger charge is -2.33. The molecule has 8 heteroatoms. The van der Waals surface area contributed by atoms with Crippen LogP contribution < -0.4 is 16.2 Å². The molecule has 2 aromatic rings. The smallest absolute Gasteiger partial charge is 0.222 e. The lowest BCUT2D eigenvalue weighted by atomic mass is 10.1. The van der Waals surface area contributed by atoms with E-state index in [0.29, 0.717) is 23.6 Å². The summed E-state index contributed by atoms with van der Waals surface area (Å²) in [6, 6.07) is 9.52. The van der Waals surface area contributed by atoms with E-state index >= 15 is 0 Å². The largest absolute Gasteiger partial charge is 0.492 e. The molecule has 0 saturated carbocycles. The third-order valence-corrected chi connectivity index (χ3v) is 4.79. The molecule has 0 radical (unpaired) electrons. The Balaban J connectivity index is 1.72. The Labute approximate surface area is 159 Å². The Morgan fingerprint density at radius 3 is 2.52 bits per heavy atom. The van der Waals surface area contributed by atoms with Crippen LogP contribution in [0.4, 0.5) is 11.8 Å². The molecule has 0 aliphatic carbocycles. The zero-order chi connectivity index (χ0) is 19.2. The molecule has 142 valence electrons. The summed E-state index contributed by atoms with van der Waals surface area (Å²) < 4.78 is 6.02. The summed E-state index contributed by atoms with van der Waals surface area (Å²) in [5.41, 5.74) is 12.9. The monoisotopic (exact) mass is 367 g/mol. The first-order valence-electron chi connectivity index (χ1n) is 9.12. The number of piperazine rings is 1. The minimum absolute atomic E-state index is 0.0325. The van der Waals surface area contributed by atoms with Crippen LogP contribution in [0.15, 0.2) is 24.3 Å². The molecule has 1 aliphatic rings. The average Bonchev–Trinajstić information content (AvgIpc) is 2.68. The molecule has 1 fully saturated rings. The molecule has 1 aromatic heterocycles. The summed E-state index contributed by atoms with van der Waals surface area (Å²) in [5, 5.41) is 9.43. The van der Waals surface area contributed by atoms with E-state index in [0.717, 1.165) is 39.3 Å². The number of hydrogen-bond donors (Lipinski definition) is 2. The fourth-order valence-electron chi connectivity index (χ4n) is 3.20.